The Hall–Kier alpha value is -2.01. The zero-order valence-electron chi connectivity index (χ0n) is 14.2. The standard InChI is InChI=1S/C19H26N2O3/c1-3-17-14(8-11-24-17)13-20-18(22)21-19(9-5-10-19)15-6-4-7-16(12-15)23-2/h3-4,6-7,12,14,17H,1,5,8-11,13H2,2H3,(H2,20,21,22)/t14-,17-/m0/s1. The summed E-state index contributed by atoms with van der Waals surface area (Å²) in [5.41, 5.74) is 0.833. The Morgan fingerprint density at radius 3 is 3.00 bits per heavy atom. The van der Waals surface area contributed by atoms with Crippen molar-refractivity contribution in [1.29, 1.82) is 0 Å². The summed E-state index contributed by atoms with van der Waals surface area (Å²) in [7, 11) is 1.66. The molecule has 2 atom stereocenters. The second-order valence-corrected chi connectivity index (χ2v) is 6.62. The van der Waals surface area contributed by atoms with Crippen molar-refractivity contribution >= 4 is 6.03 Å². The Bertz CT molecular complexity index is 598. The van der Waals surface area contributed by atoms with Crippen molar-refractivity contribution < 1.29 is 14.3 Å². The summed E-state index contributed by atoms with van der Waals surface area (Å²) >= 11 is 0. The minimum atomic E-state index is -0.275. The Morgan fingerprint density at radius 1 is 1.50 bits per heavy atom. The van der Waals surface area contributed by atoms with Gasteiger partial charge in [-0.05, 0) is 43.4 Å². The Kier molecular flexibility index (Phi) is 5.09. The smallest absolute Gasteiger partial charge is 0.315 e. The maximum atomic E-state index is 12.4. The van der Waals surface area contributed by atoms with Gasteiger partial charge in [-0.2, -0.15) is 0 Å². The van der Waals surface area contributed by atoms with Gasteiger partial charge in [0.05, 0.1) is 18.8 Å². The number of carbonyl (C=O) groups is 1. The van der Waals surface area contributed by atoms with E-state index in [2.05, 4.69) is 23.3 Å². The van der Waals surface area contributed by atoms with E-state index in [9.17, 15) is 4.79 Å². The highest BCUT2D eigenvalue weighted by Gasteiger charge is 2.40. The highest BCUT2D eigenvalue weighted by molar-refractivity contribution is 5.75. The molecule has 24 heavy (non-hydrogen) atoms. The Labute approximate surface area is 143 Å². The van der Waals surface area contributed by atoms with Crippen LogP contribution in [0.25, 0.3) is 0 Å². The number of hydrogen-bond donors (Lipinski definition) is 2. The maximum absolute atomic E-state index is 12.4. The first kappa shape index (κ1) is 16.8. The molecule has 5 nitrogen and oxygen atoms in total. The molecule has 1 saturated carbocycles. The van der Waals surface area contributed by atoms with Crippen molar-refractivity contribution in [2.24, 2.45) is 5.92 Å². The number of hydrogen-bond acceptors (Lipinski definition) is 3. The van der Waals surface area contributed by atoms with Crippen LogP contribution < -0.4 is 15.4 Å². The summed E-state index contributed by atoms with van der Waals surface area (Å²) in [6.45, 7) is 5.14. The van der Waals surface area contributed by atoms with Crippen molar-refractivity contribution in [2.45, 2.75) is 37.3 Å². The van der Waals surface area contributed by atoms with Gasteiger partial charge in [0, 0.05) is 19.1 Å². The van der Waals surface area contributed by atoms with Crippen LogP contribution in [0.5, 0.6) is 5.75 Å². The number of ether oxygens (including phenoxy) is 2. The highest BCUT2D eigenvalue weighted by Crippen LogP contribution is 2.42. The largest absolute Gasteiger partial charge is 0.497 e. The summed E-state index contributed by atoms with van der Waals surface area (Å²) in [4.78, 5) is 12.4. The molecule has 0 bridgehead atoms. The van der Waals surface area contributed by atoms with Crippen LogP contribution in [0.3, 0.4) is 0 Å². The van der Waals surface area contributed by atoms with Crippen LogP contribution in [-0.4, -0.2) is 32.4 Å². The van der Waals surface area contributed by atoms with Crippen LogP contribution >= 0.6 is 0 Å². The second-order valence-electron chi connectivity index (χ2n) is 6.62. The van der Waals surface area contributed by atoms with Crippen LogP contribution in [0.1, 0.15) is 31.2 Å². The molecule has 0 aromatic heterocycles. The van der Waals surface area contributed by atoms with Crippen LogP contribution in [-0.2, 0) is 10.3 Å². The number of amides is 2. The first-order valence-electron chi connectivity index (χ1n) is 8.61. The fourth-order valence-electron chi connectivity index (χ4n) is 3.56. The number of benzene rings is 1. The average molecular weight is 330 g/mol. The molecule has 1 saturated heterocycles. The summed E-state index contributed by atoms with van der Waals surface area (Å²) in [5, 5.41) is 6.18. The third-order valence-electron chi connectivity index (χ3n) is 5.20. The van der Waals surface area contributed by atoms with Crippen molar-refractivity contribution in [2.75, 3.05) is 20.3 Å². The van der Waals surface area contributed by atoms with Gasteiger partial charge in [-0.1, -0.05) is 18.2 Å². The van der Waals surface area contributed by atoms with E-state index in [4.69, 9.17) is 9.47 Å². The number of rotatable bonds is 6. The number of methoxy groups -OCH3 is 1. The normalized spacial score (nSPS) is 24.7. The number of urea groups is 1. The van der Waals surface area contributed by atoms with Crippen LogP contribution in [0, 0.1) is 5.92 Å². The minimum Gasteiger partial charge on any atom is -0.497 e. The van der Waals surface area contributed by atoms with Gasteiger partial charge in [0.25, 0.3) is 0 Å². The first-order valence-corrected chi connectivity index (χ1v) is 8.61. The summed E-state index contributed by atoms with van der Waals surface area (Å²) in [6, 6.07) is 7.84. The van der Waals surface area contributed by atoms with Crippen molar-refractivity contribution in [3.63, 3.8) is 0 Å². The molecule has 0 spiro atoms. The zero-order chi connectivity index (χ0) is 17.0. The fraction of sp³-hybridized carbons (Fsp3) is 0.526. The van der Waals surface area contributed by atoms with Crippen LogP contribution in [0.15, 0.2) is 36.9 Å². The van der Waals surface area contributed by atoms with Gasteiger partial charge in [-0.25, -0.2) is 4.79 Å². The molecular weight excluding hydrogens is 304 g/mol. The van der Waals surface area contributed by atoms with Crippen LogP contribution in [0.4, 0.5) is 4.79 Å². The third-order valence-corrected chi connectivity index (χ3v) is 5.20. The molecule has 1 heterocycles. The van der Waals surface area contributed by atoms with E-state index < -0.39 is 0 Å². The van der Waals surface area contributed by atoms with Crippen molar-refractivity contribution in [3.8, 4) is 5.75 Å². The van der Waals surface area contributed by atoms with Crippen molar-refractivity contribution in [1.82, 2.24) is 10.6 Å². The SMILES string of the molecule is C=C[C@@H]1OCC[C@H]1CNC(=O)NC1(c2cccc(OC)c2)CCC1. The van der Waals surface area contributed by atoms with Gasteiger partial charge in [0.15, 0.2) is 0 Å². The first-order chi connectivity index (χ1) is 11.7. The van der Waals surface area contributed by atoms with Crippen molar-refractivity contribution in [3.05, 3.63) is 42.5 Å². The quantitative estimate of drug-likeness (QED) is 0.789. The number of nitrogens with one attached hydrogen (secondary N) is 2. The molecule has 0 radical (unpaired) electrons. The lowest BCUT2D eigenvalue weighted by Gasteiger charge is -2.43. The lowest BCUT2D eigenvalue weighted by atomic mass is 9.72. The lowest BCUT2D eigenvalue weighted by Crippen LogP contribution is -2.54. The van der Waals surface area contributed by atoms with E-state index in [0.717, 1.165) is 43.6 Å². The van der Waals surface area contributed by atoms with E-state index in [1.165, 1.54) is 0 Å². The van der Waals surface area contributed by atoms with E-state index in [-0.39, 0.29) is 17.7 Å². The van der Waals surface area contributed by atoms with Gasteiger partial charge in [0.1, 0.15) is 5.75 Å². The van der Waals surface area contributed by atoms with E-state index >= 15 is 0 Å². The molecule has 2 N–H and O–H groups in total. The molecular formula is C19H26N2O3. The predicted molar refractivity (Wildman–Crippen MR) is 93.1 cm³/mol. The molecule has 1 aromatic rings. The van der Waals surface area contributed by atoms with Crippen LogP contribution in [0.2, 0.25) is 0 Å². The average Bonchev–Trinajstić information content (AvgIpc) is 3.04. The molecule has 2 fully saturated rings. The molecule has 1 aromatic carbocycles. The molecule has 1 aliphatic heterocycles. The predicted octanol–water partition coefficient (Wildman–Crippen LogP) is 2.96. The molecule has 1 aliphatic carbocycles. The summed E-state index contributed by atoms with van der Waals surface area (Å²) in [6.07, 6.45) is 5.84. The Morgan fingerprint density at radius 2 is 2.33 bits per heavy atom. The van der Waals surface area contributed by atoms with Gasteiger partial charge < -0.3 is 20.1 Å². The van der Waals surface area contributed by atoms with E-state index in [1.807, 2.05) is 24.3 Å². The molecule has 2 aliphatic rings. The zero-order valence-corrected chi connectivity index (χ0v) is 14.2. The molecule has 2 amide bonds. The van der Waals surface area contributed by atoms with Gasteiger partial charge in [0.2, 0.25) is 0 Å². The minimum absolute atomic E-state index is 0.0429. The summed E-state index contributed by atoms with van der Waals surface area (Å²) < 4.78 is 10.9. The van der Waals surface area contributed by atoms with E-state index in [1.54, 1.807) is 7.11 Å². The molecule has 5 heteroatoms. The molecule has 3 rings (SSSR count). The summed E-state index contributed by atoms with van der Waals surface area (Å²) in [5.74, 6) is 1.13. The topological polar surface area (TPSA) is 59.6 Å². The van der Waals surface area contributed by atoms with Gasteiger partial charge >= 0.3 is 6.03 Å². The second kappa shape index (κ2) is 7.26. The fourth-order valence-corrected chi connectivity index (χ4v) is 3.56. The lowest BCUT2D eigenvalue weighted by molar-refractivity contribution is 0.127. The monoisotopic (exact) mass is 330 g/mol. The number of carbonyl (C=O) groups excluding carboxylic acids is 1. The Balaban J connectivity index is 1.60. The van der Waals surface area contributed by atoms with Gasteiger partial charge in [-0.3, -0.25) is 0 Å². The van der Waals surface area contributed by atoms with E-state index in [0.29, 0.717) is 12.5 Å². The van der Waals surface area contributed by atoms with Gasteiger partial charge in [-0.15, -0.1) is 6.58 Å². The third kappa shape index (κ3) is 3.41. The molecule has 130 valence electrons. The molecule has 0 unspecified atom stereocenters. The highest BCUT2D eigenvalue weighted by atomic mass is 16.5. The maximum Gasteiger partial charge on any atom is 0.315 e.